The molecule has 0 fully saturated rings. The largest absolute Gasteiger partial charge is 0.480 e. The van der Waals surface area contributed by atoms with Gasteiger partial charge in [-0.1, -0.05) is 60.1 Å². The third-order valence-corrected chi connectivity index (χ3v) is 5.95. The molecule has 0 radical (unpaired) electrons. The molecule has 7 nitrogen and oxygen atoms in total. The van der Waals surface area contributed by atoms with E-state index >= 15 is 0 Å². The summed E-state index contributed by atoms with van der Waals surface area (Å²) in [5.74, 6) is -1.69. The number of carboxylic acid groups (broad SMARTS) is 1. The lowest BCUT2D eigenvalue weighted by Crippen LogP contribution is -2.35. The summed E-state index contributed by atoms with van der Waals surface area (Å²) in [5, 5.41) is 11.9. The van der Waals surface area contributed by atoms with Crippen molar-refractivity contribution in [3.8, 4) is 11.1 Å². The van der Waals surface area contributed by atoms with Gasteiger partial charge in [-0.3, -0.25) is 14.9 Å². The van der Waals surface area contributed by atoms with Gasteiger partial charge >= 0.3 is 12.1 Å². The van der Waals surface area contributed by atoms with E-state index in [-0.39, 0.29) is 35.3 Å². The van der Waals surface area contributed by atoms with Crippen LogP contribution in [0.25, 0.3) is 11.1 Å². The first-order chi connectivity index (χ1) is 16.4. The summed E-state index contributed by atoms with van der Waals surface area (Å²) >= 11 is 6.15. The Balaban J connectivity index is 1.46. The second kappa shape index (κ2) is 9.97. The Morgan fingerprint density at radius 3 is 2.21 bits per heavy atom. The number of likely N-dealkylation sites (N-methyl/N-ethyl adjacent to an activating group) is 1. The number of halogens is 1. The maximum atomic E-state index is 12.7. The first kappa shape index (κ1) is 23.3. The van der Waals surface area contributed by atoms with Crippen molar-refractivity contribution in [1.29, 1.82) is 0 Å². The summed E-state index contributed by atoms with van der Waals surface area (Å²) in [4.78, 5) is 37.5. The van der Waals surface area contributed by atoms with Crippen molar-refractivity contribution in [2.45, 2.75) is 12.8 Å². The number of benzene rings is 3. The summed E-state index contributed by atoms with van der Waals surface area (Å²) < 4.78 is 5.54. The van der Waals surface area contributed by atoms with Gasteiger partial charge in [0.05, 0.1) is 0 Å². The number of aliphatic carboxylic acids is 1. The first-order valence-corrected chi connectivity index (χ1v) is 11.2. The topological polar surface area (TPSA) is 95.9 Å². The number of carbonyl (C=O) groups is 3. The Labute approximate surface area is 201 Å². The third kappa shape index (κ3) is 4.89. The molecule has 0 saturated heterocycles. The number of amides is 2. The second-order valence-electron chi connectivity index (χ2n) is 7.89. The van der Waals surface area contributed by atoms with E-state index in [9.17, 15) is 14.4 Å². The van der Waals surface area contributed by atoms with Crippen LogP contribution in [0.1, 0.15) is 34.3 Å². The molecule has 0 bridgehead atoms. The first-order valence-electron chi connectivity index (χ1n) is 10.8. The van der Waals surface area contributed by atoms with Crippen LogP contribution in [0.5, 0.6) is 0 Å². The average molecular weight is 479 g/mol. The number of ether oxygens (including phenoxy) is 1. The van der Waals surface area contributed by atoms with E-state index in [0.29, 0.717) is 0 Å². The molecule has 0 aromatic heterocycles. The number of nitrogens with zero attached hydrogens (tertiary/aromatic N) is 1. The number of hydrogen-bond donors (Lipinski definition) is 2. The molecule has 0 aliphatic heterocycles. The minimum atomic E-state index is -1.12. The van der Waals surface area contributed by atoms with Gasteiger partial charge in [0.15, 0.2) is 0 Å². The minimum absolute atomic E-state index is 0.0798. The molecule has 0 heterocycles. The van der Waals surface area contributed by atoms with Gasteiger partial charge in [-0.05, 0) is 47.4 Å². The number of carbonyl (C=O) groups excluding carboxylic acids is 2. The van der Waals surface area contributed by atoms with Crippen molar-refractivity contribution in [2.24, 2.45) is 0 Å². The van der Waals surface area contributed by atoms with Crippen LogP contribution in [-0.2, 0) is 9.53 Å². The van der Waals surface area contributed by atoms with E-state index in [1.54, 1.807) is 6.92 Å². The third-order valence-electron chi connectivity index (χ3n) is 5.73. The molecule has 3 aromatic carbocycles. The molecule has 0 atom stereocenters. The van der Waals surface area contributed by atoms with Crippen LogP contribution >= 0.6 is 11.6 Å². The SMILES string of the molecule is CCN(CC(=O)O)C(=O)c1cc(Cl)cc(NC(=O)OCC2c3ccccc3-c3ccccc32)c1. The fourth-order valence-electron chi connectivity index (χ4n) is 4.21. The Morgan fingerprint density at radius 2 is 1.62 bits per heavy atom. The van der Waals surface area contributed by atoms with Gasteiger partial charge in [0.1, 0.15) is 13.2 Å². The molecule has 0 spiro atoms. The molecular weight excluding hydrogens is 456 g/mol. The second-order valence-corrected chi connectivity index (χ2v) is 8.33. The summed E-state index contributed by atoms with van der Waals surface area (Å²) in [7, 11) is 0. The van der Waals surface area contributed by atoms with Crippen LogP contribution in [0.3, 0.4) is 0 Å². The highest BCUT2D eigenvalue weighted by atomic mass is 35.5. The Kier molecular flexibility index (Phi) is 6.84. The van der Waals surface area contributed by atoms with Gasteiger partial charge in [0, 0.05) is 28.7 Å². The van der Waals surface area contributed by atoms with Crippen molar-refractivity contribution < 1.29 is 24.2 Å². The zero-order valence-corrected chi connectivity index (χ0v) is 19.2. The van der Waals surface area contributed by atoms with Crippen molar-refractivity contribution in [1.82, 2.24) is 4.90 Å². The molecule has 0 unspecified atom stereocenters. The molecule has 4 rings (SSSR count). The van der Waals surface area contributed by atoms with E-state index in [0.717, 1.165) is 22.3 Å². The van der Waals surface area contributed by atoms with Gasteiger partial charge in [-0.2, -0.15) is 0 Å². The number of rotatable bonds is 7. The smallest absolute Gasteiger partial charge is 0.411 e. The number of hydrogen-bond acceptors (Lipinski definition) is 4. The van der Waals surface area contributed by atoms with E-state index in [4.69, 9.17) is 21.4 Å². The molecule has 3 aromatic rings. The highest BCUT2D eigenvalue weighted by Gasteiger charge is 2.29. The molecule has 34 heavy (non-hydrogen) atoms. The van der Waals surface area contributed by atoms with Gasteiger partial charge in [-0.25, -0.2) is 4.79 Å². The molecule has 0 saturated carbocycles. The Morgan fingerprint density at radius 1 is 1.00 bits per heavy atom. The lowest BCUT2D eigenvalue weighted by molar-refractivity contribution is -0.137. The molecular formula is C26H23ClN2O5. The van der Waals surface area contributed by atoms with E-state index in [2.05, 4.69) is 17.4 Å². The van der Waals surface area contributed by atoms with Gasteiger partial charge < -0.3 is 14.7 Å². The molecule has 174 valence electrons. The predicted octanol–water partition coefficient (Wildman–Crippen LogP) is 5.25. The Bertz CT molecular complexity index is 1210. The highest BCUT2D eigenvalue weighted by molar-refractivity contribution is 6.31. The average Bonchev–Trinajstić information content (AvgIpc) is 3.14. The van der Waals surface area contributed by atoms with Crippen LogP contribution in [0, 0.1) is 0 Å². The minimum Gasteiger partial charge on any atom is -0.480 e. The fraction of sp³-hybridized carbons (Fsp3) is 0.192. The van der Waals surface area contributed by atoms with Crippen LogP contribution in [0.15, 0.2) is 66.7 Å². The maximum Gasteiger partial charge on any atom is 0.411 e. The number of fused-ring (bicyclic) bond motifs is 3. The van der Waals surface area contributed by atoms with Crippen LogP contribution in [0.2, 0.25) is 5.02 Å². The monoisotopic (exact) mass is 478 g/mol. The van der Waals surface area contributed by atoms with Gasteiger partial charge in [-0.15, -0.1) is 0 Å². The van der Waals surface area contributed by atoms with Gasteiger partial charge in [0.25, 0.3) is 5.91 Å². The van der Waals surface area contributed by atoms with Crippen LogP contribution < -0.4 is 5.32 Å². The van der Waals surface area contributed by atoms with Crippen molar-refractivity contribution >= 4 is 35.3 Å². The molecule has 1 aliphatic carbocycles. The quantitative estimate of drug-likeness (QED) is 0.483. The van der Waals surface area contributed by atoms with Gasteiger partial charge in [0.2, 0.25) is 0 Å². The standard InChI is InChI=1S/C26H23ClN2O5/c1-2-29(14-24(30)31)25(32)16-11-17(27)13-18(12-16)28-26(33)34-15-23-21-9-5-3-7-19(21)20-8-4-6-10-22(20)23/h3-13,23H,2,14-15H2,1H3,(H,28,33)(H,30,31). The predicted molar refractivity (Wildman–Crippen MR) is 129 cm³/mol. The number of carboxylic acids is 1. The Hall–Kier alpha value is -3.84. The highest BCUT2D eigenvalue weighted by Crippen LogP contribution is 2.44. The van der Waals surface area contributed by atoms with Crippen LogP contribution in [0.4, 0.5) is 10.5 Å². The normalized spacial score (nSPS) is 11.9. The van der Waals surface area contributed by atoms with Crippen molar-refractivity contribution in [2.75, 3.05) is 25.0 Å². The maximum absolute atomic E-state index is 12.7. The lowest BCUT2D eigenvalue weighted by Gasteiger charge is -2.19. The van der Waals surface area contributed by atoms with E-state index in [1.807, 2.05) is 36.4 Å². The fourth-order valence-corrected chi connectivity index (χ4v) is 4.45. The zero-order valence-electron chi connectivity index (χ0n) is 18.5. The summed E-state index contributed by atoms with van der Waals surface area (Å²) in [5.41, 5.74) is 4.92. The van der Waals surface area contributed by atoms with Crippen molar-refractivity contribution in [3.05, 3.63) is 88.4 Å². The molecule has 8 heteroatoms. The number of anilines is 1. The molecule has 2 amide bonds. The molecule has 2 N–H and O–H groups in total. The summed E-state index contributed by atoms with van der Waals surface area (Å²) in [6, 6.07) is 20.5. The molecule has 1 aliphatic rings. The summed E-state index contributed by atoms with van der Waals surface area (Å²) in [6.07, 6.45) is -0.680. The van der Waals surface area contributed by atoms with Crippen LogP contribution in [-0.4, -0.2) is 47.7 Å². The van der Waals surface area contributed by atoms with Crippen molar-refractivity contribution in [3.63, 3.8) is 0 Å². The van der Waals surface area contributed by atoms with E-state index in [1.165, 1.54) is 23.1 Å². The zero-order chi connectivity index (χ0) is 24.2. The summed E-state index contributed by atoms with van der Waals surface area (Å²) in [6.45, 7) is 1.61. The lowest BCUT2D eigenvalue weighted by atomic mass is 9.98. The number of nitrogens with one attached hydrogen (secondary N) is 1. The van der Waals surface area contributed by atoms with E-state index < -0.39 is 24.5 Å².